The molecule has 0 spiro atoms. The van der Waals surface area contributed by atoms with Gasteiger partial charge in [-0.25, -0.2) is 0 Å². The molecule has 0 aliphatic heterocycles. The summed E-state index contributed by atoms with van der Waals surface area (Å²) in [6, 6.07) is 0. The fourth-order valence-electron chi connectivity index (χ4n) is 6.33. The van der Waals surface area contributed by atoms with Crippen LogP contribution in [0.2, 0.25) is 0 Å². The minimum Gasteiger partial charge on any atom is -0.389 e. The van der Waals surface area contributed by atoms with Crippen LogP contribution in [0, 0.1) is 0 Å². The van der Waals surface area contributed by atoms with Crippen molar-refractivity contribution in [1.82, 2.24) is 9.80 Å². The van der Waals surface area contributed by atoms with Crippen LogP contribution in [0.5, 0.6) is 0 Å². The number of aliphatic hydroxyl groups excluding tert-OH is 2. The van der Waals surface area contributed by atoms with E-state index in [2.05, 4.69) is 37.5 Å². The first-order chi connectivity index (χ1) is 24.6. The zero-order valence-corrected chi connectivity index (χ0v) is 35.7. The molecule has 0 aromatic rings. The van der Waals surface area contributed by atoms with E-state index < -0.39 is 12.2 Å². The Kier molecular flexibility index (Phi) is 42.6. The Morgan fingerprint density at radius 2 is 0.740 bits per heavy atom. The highest BCUT2D eigenvalue weighted by atomic mass is 32.2. The summed E-state index contributed by atoms with van der Waals surface area (Å²) in [5.74, 6) is 4.78. The molecule has 0 radical (unpaired) electrons. The van der Waals surface area contributed by atoms with E-state index in [1.165, 1.54) is 140 Å². The molecule has 2 atom stereocenters. The highest BCUT2D eigenvalue weighted by Gasteiger charge is 2.17. The van der Waals surface area contributed by atoms with Gasteiger partial charge in [0.2, 0.25) is 0 Å². The lowest BCUT2D eigenvalue weighted by Gasteiger charge is -2.29. The second kappa shape index (κ2) is 42.2. The number of ether oxygens (including phenoxy) is 2. The predicted octanol–water partition coefficient (Wildman–Crippen LogP) is 10.5. The number of hydrogen-bond donors (Lipinski definition) is 2. The van der Waals surface area contributed by atoms with Crippen LogP contribution in [-0.4, -0.2) is 121 Å². The van der Waals surface area contributed by atoms with E-state index in [0.717, 1.165) is 50.5 Å². The molecule has 0 saturated carbocycles. The van der Waals surface area contributed by atoms with E-state index >= 15 is 0 Å². The molecule has 0 aromatic carbocycles. The molecule has 8 heteroatoms. The number of unbranched alkanes of at least 4 members (excludes halogenated alkanes) is 18. The number of rotatable bonds is 43. The second-order valence-corrected chi connectivity index (χ2v) is 17.0. The summed E-state index contributed by atoms with van der Waals surface area (Å²) in [5.41, 5.74) is 0. The minimum atomic E-state index is -0.549. The minimum absolute atomic E-state index is 0.355. The third kappa shape index (κ3) is 38.2. The summed E-state index contributed by atoms with van der Waals surface area (Å²) < 4.78 is 11.7. The normalized spacial score (nSPS) is 13.2. The Morgan fingerprint density at radius 1 is 0.420 bits per heavy atom. The largest absolute Gasteiger partial charge is 0.389 e. The monoisotopic (exact) mass is 749 g/mol. The zero-order chi connectivity index (χ0) is 36.6. The summed E-state index contributed by atoms with van der Waals surface area (Å²) in [4.78, 5) is 4.57. The number of aliphatic hydroxyl groups is 2. The molecule has 2 N–H and O–H groups in total. The van der Waals surface area contributed by atoms with Gasteiger partial charge in [0.1, 0.15) is 0 Å². The number of hydrogen-bond acceptors (Lipinski definition) is 8. The van der Waals surface area contributed by atoms with E-state index in [4.69, 9.17) is 9.47 Å². The van der Waals surface area contributed by atoms with Gasteiger partial charge in [0.25, 0.3) is 0 Å². The lowest BCUT2D eigenvalue weighted by molar-refractivity contribution is -0.0113. The van der Waals surface area contributed by atoms with Gasteiger partial charge in [-0.2, -0.15) is 23.5 Å². The van der Waals surface area contributed by atoms with Crippen LogP contribution < -0.4 is 0 Å². The van der Waals surface area contributed by atoms with E-state index in [1.54, 1.807) is 0 Å². The molecule has 0 heterocycles. The third-order valence-electron chi connectivity index (χ3n) is 9.62. The summed E-state index contributed by atoms with van der Waals surface area (Å²) in [7, 11) is 0. The second-order valence-electron chi connectivity index (χ2n) is 14.5. The Labute approximate surface area is 321 Å². The first kappa shape index (κ1) is 50.5. The van der Waals surface area contributed by atoms with E-state index in [1.807, 2.05) is 23.5 Å². The maximum atomic E-state index is 10.8. The Morgan fingerprint density at radius 3 is 1.10 bits per heavy atom. The zero-order valence-electron chi connectivity index (χ0n) is 34.0. The van der Waals surface area contributed by atoms with Crippen LogP contribution in [0.15, 0.2) is 0 Å². The number of nitrogens with zero attached hydrogens (tertiary/aromatic N) is 2. The summed E-state index contributed by atoms with van der Waals surface area (Å²) in [6.45, 7) is 15.9. The Bertz CT molecular complexity index is 589. The van der Waals surface area contributed by atoms with Crippen molar-refractivity contribution in [2.24, 2.45) is 0 Å². The summed E-state index contributed by atoms with van der Waals surface area (Å²) in [5, 5.41) is 21.5. The molecular formula is C42H88N2O4S2. The van der Waals surface area contributed by atoms with Crippen LogP contribution in [-0.2, 0) is 9.47 Å². The van der Waals surface area contributed by atoms with Crippen molar-refractivity contribution in [2.75, 3.05) is 88.7 Å². The first-order valence-corrected chi connectivity index (χ1v) is 24.0. The molecule has 0 saturated heterocycles. The van der Waals surface area contributed by atoms with Gasteiger partial charge in [-0.05, 0) is 61.8 Å². The van der Waals surface area contributed by atoms with Crippen LogP contribution in [0.1, 0.15) is 169 Å². The van der Waals surface area contributed by atoms with Gasteiger partial charge in [0, 0.05) is 39.4 Å². The highest BCUT2D eigenvalue weighted by molar-refractivity contribution is 7.99. The van der Waals surface area contributed by atoms with Crippen molar-refractivity contribution >= 4 is 23.5 Å². The SMILES string of the molecule is CCCCCCCCCCCCSCCCOCC(O)CN(CCN(CC)CC)CC(O)COCCCSCCCCCCCCCCCC. The van der Waals surface area contributed by atoms with Crippen LogP contribution in [0.4, 0.5) is 0 Å². The highest BCUT2D eigenvalue weighted by Crippen LogP contribution is 2.14. The average molecular weight is 749 g/mol. The number of likely N-dealkylation sites (N-methyl/N-ethyl adjacent to an activating group) is 1. The van der Waals surface area contributed by atoms with Crippen molar-refractivity contribution < 1.29 is 19.7 Å². The summed E-state index contributed by atoms with van der Waals surface area (Å²) in [6.07, 6.45) is 28.8. The smallest absolute Gasteiger partial charge is 0.0900 e. The van der Waals surface area contributed by atoms with E-state index in [9.17, 15) is 10.2 Å². The van der Waals surface area contributed by atoms with Gasteiger partial charge in [0.15, 0.2) is 0 Å². The third-order valence-corrected chi connectivity index (χ3v) is 11.9. The van der Waals surface area contributed by atoms with Crippen LogP contribution >= 0.6 is 23.5 Å². The molecule has 302 valence electrons. The lowest BCUT2D eigenvalue weighted by atomic mass is 10.1. The van der Waals surface area contributed by atoms with Crippen LogP contribution in [0.3, 0.4) is 0 Å². The maximum absolute atomic E-state index is 10.8. The van der Waals surface area contributed by atoms with Crippen molar-refractivity contribution in [1.29, 1.82) is 0 Å². The molecule has 0 fully saturated rings. The van der Waals surface area contributed by atoms with Crippen molar-refractivity contribution in [3.05, 3.63) is 0 Å². The molecule has 0 rings (SSSR count). The van der Waals surface area contributed by atoms with Crippen LogP contribution in [0.25, 0.3) is 0 Å². The predicted molar refractivity (Wildman–Crippen MR) is 225 cm³/mol. The maximum Gasteiger partial charge on any atom is 0.0900 e. The fourth-order valence-corrected chi connectivity index (χ4v) is 8.20. The molecule has 0 aromatic heterocycles. The quantitative estimate of drug-likeness (QED) is 0.0598. The van der Waals surface area contributed by atoms with E-state index in [-0.39, 0.29) is 0 Å². The molecule has 0 bridgehead atoms. The Balaban J connectivity index is 3.93. The molecule has 50 heavy (non-hydrogen) atoms. The van der Waals surface area contributed by atoms with Crippen molar-refractivity contribution in [3.8, 4) is 0 Å². The molecule has 0 aliphatic rings. The molecule has 0 aliphatic carbocycles. The summed E-state index contributed by atoms with van der Waals surface area (Å²) >= 11 is 4.09. The Hall–Kier alpha value is 0.460. The van der Waals surface area contributed by atoms with Gasteiger partial charge in [-0.1, -0.05) is 143 Å². The van der Waals surface area contributed by atoms with Gasteiger partial charge in [-0.15, -0.1) is 0 Å². The lowest BCUT2D eigenvalue weighted by Crippen LogP contribution is -2.44. The molecule has 0 amide bonds. The van der Waals surface area contributed by atoms with Crippen molar-refractivity contribution in [3.63, 3.8) is 0 Å². The average Bonchev–Trinajstić information content (AvgIpc) is 3.11. The van der Waals surface area contributed by atoms with Gasteiger partial charge in [0.05, 0.1) is 25.4 Å². The van der Waals surface area contributed by atoms with Gasteiger partial charge < -0.3 is 24.6 Å². The fraction of sp³-hybridized carbons (Fsp3) is 1.00. The van der Waals surface area contributed by atoms with Gasteiger partial charge >= 0.3 is 0 Å². The molecular weight excluding hydrogens is 661 g/mol. The first-order valence-electron chi connectivity index (χ1n) is 21.7. The molecule has 2 unspecified atom stereocenters. The topological polar surface area (TPSA) is 65.4 Å². The number of thioether (sulfide) groups is 2. The molecule has 6 nitrogen and oxygen atoms in total. The van der Waals surface area contributed by atoms with E-state index in [0.29, 0.717) is 39.5 Å². The van der Waals surface area contributed by atoms with Crippen molar-refractivity contribution in [2.45, 2.75) is 181 Å². The van der Waals surface area contributed by atoms with Gasteiger partial charge in [-0.3, -0.25) is 4.90 Å². The standard InChI is InChI=1S/C42H88N2O4S2/c1-5-9-11-13-15-17-19-21-23-25-33-49-35-27-31-47-39-41(45)37-44(30-29-43(7-3)8-4)38-42(46)40-48-32-28-36-50-34-26-24-22-20-18-16-14-12-10-6-2/h41-42,45-46H,5-40H2,1-4H3.